The summed E-state index contributed by atoms with van der Waals surface area (Å²) < 4.78 is 4.96. The zero-order valence-electron chi connectivity index (χ0n) is 16.8. The molecule has 158 valence electrons. The van der Waals surface area contributed by atoms with Gasteiger partial charge in [0.2, 0.25) is 0 Å². The number of nitrogens with zero attached hydrogens (tertiary/aromatic N) is 6. The first-order valence-corrected chi connectivity index (χ1v) is 10.4. The lowest BCUT2D eigenvalue weighted by Crippen LogP contribution is -2.31. The molecule has 0 atom stereocenters. The number of fused-ring (bicyclic) bond motifs is 2. The molecule has 1 fully saturated rings. The predicted octanol–water partition coefficient (Wildman–Crippen LogP) is 1.85. The second-order valence-electron chi connectivity index (χ2n) is 7.94. The molecule has 31 heavy (non-hydrogen) atoms. The van der Waals surface area contributed by atoms with Gasteiger partial charge in [-0.1, -0.05) is 0 Å². The Morgan fingerprint density at radius 3 is 2.71 bits per heavy atom. The molecule has 1 saturated carbocycles. The summed E-state index contributed by atoms with van der Waals surface area (Å²) >= 11 is 0. The van der Waals surface area contributed by atoms with E-state index < -0.39 is 0 Å². The summed E-state index contributed by atoms with van der Waals surface area (Å²) in [6.45, 7) is 0.0517. The van der Waals surface area contributed by atoms with Crippen LogP contribution in [0, 0.1) is 11.3 Å². The number of aromatic nitrogens is 5. The van der Waals surface area contributed by atoms with Gasteiger partial charge in [0, 0.05) is 17.8 Å². The molecule has 0 aliphatic heterocycles. The number of rotatable bonds is 4. The average molecular weight is 418 g/mol. The molecule has 1 aliphatic carbocycles. The van der Waals surface area contributed by atoms with E-state index in [4.69, 9.17) is 4.98 Å². The van der Waals surface area contributed by atoms with Crippen molar-refractivity contribution in [1.82, 2.24) is 23.7 Å². The molecular weight excluding hydrogens is 396 g/mol. The SMILES string of the molecule is N#Cc1ccn2ncc(-c3ccc4c(n3)n(C3CCC(O)CC3)c(=O)n4CCO)c2c1. The minimum Gasteiger partial charge on any atom is -0.395 e. The Morgan fingerprint density at radius 1 is 1.16 bits per heavy atom. The van der Waals surface area contributed by atoms with Crippen LogP contribution in [0.15, 0.2) is 41.5 Å². The molecule has 0 unspecified atom stereocenters. The smallest absolute Gasteiger partial charge is 0.330 e. The van der Waals surface area contributed by atoms with E-state index in [0.717, 1.165) is 11.1 Å². The Morgan fingerprint density at radius 2 is 1.97 bits per heavy atom. The van der Waals surface area contributed by atoms with Crippen LogP contribution >= 0.6 is 0 Å². The van der Waals surface area contributed by atoms with Crippen molar-refractivity contribution in [3.05, 3.63) is 52.7 Å². The monoisotopic (exact) mass is 418 g/mol. The molecule has 0 amide bonds. The second-order valence-corrected chi connectivity index (χ2v) is 7.94. The van der Waals surface area contributed by atoms with Crippen LogP contribution in [-0.4, -0.2) is 46.7 Å². The molecule has 0 aromatic carbocycles. The molecular formula is C22H22N6O3. The Balaban J connectivity index is 1.70. The van der Waals surface area contributed by atoms with E-state index in [1.54, 1.807) is 38.2 Å². The van der Waals surface area contributed by atoms with E-state index in [9.17, 15) is 20.3 Å². The summed E-state index contributed by atoms with van der Waals surface area (Å²) in [6.07, 6.45) is 5.81. The van der Waals surface area contributed by atoms with Gasteiger partial charge in [-0.25, -0.2) is 14.3 Å². The molecule has 4 aromatic heterocycles. The minimum absolute atomic E-state index is 0.0461. The molecule has 9 nitrogen and oxygen atoms in total. The normalized spacial score (nSPS) is 19.1. The summed E-state index contributed by atoms with van der Waals surface area (Å²) in [5.74, 6) is 0. The Labute approximate surface area is 177 Å². The van der Waals surface area contributed by atoms with E-state index in [-0.39, 0.29) is 31.0 Å². The highest BCUT2D eigenvalue weighted by Crippen LogP contribution is 2.31. The van der Waals surface area contributed by atoms with Crippen LogP contribution in [0.2, 0.25) is 0 Å². The van der Waals surface area contributed by atoms with Gasteiger partial charge in [0.1, 0.15) is 0 Å². The third kappa shape index (κ3) is 3.21. The molecule has 5 rings (SSSR count). The fraction of sp³-hybridized carbons (Fsp3) is 0.364. The van der Waals surface area contributed by atoms with Gasteiger partial charge in [-0.2, -0.15) is 10.4 Å². The highest BCUT2D eigenvalue weighted by Gasteiger charge is 2.26. The minimum atomic E-state index is -0.325. The van der Waals surface area contributed by atoms with Gasteiger partial charge in [-0.05, 0) is 49.9 Å². The van der Waals surface area contributed by atoms with Crippen LogP contribution in [0.5, 0.6) is 0 Å². The molecule has 9 heteroatoms. The average Bonchev–Trinajstić information content (AvgIpc) is 3.33. The fourth-order valence-electron chi connectivity index (χ4n) is 4.51. The van der Waals surface area contributed by atoms with Crippen LogP contribution in [0.4, 0.5) is 0 Å². The van der Waals surface area contributed by atoms with Crippen molar-refractivity contribution in [1.29, 1.82) is 5.26 Å². The Hall–Kier alpha value is -3.48. The topological polar surface area (TPSA) is 121 Å². The molecule has 0 radical (unpaired) electrons. The van der Waals surface area contributed by atoms with Gasteiger partial charge in [0.15, 0.2) is 5.65 Å². The number of pyridine rings is 2. The number of nitriles is 1. The van der Waals surface area contributed by atoms with Crippen molar-refractivity contribution in [3.8, 4) is 17.3 Å². The highest BCUT2D eigenvalue weighted by atomic mass is 16.3. The van der Waals surface area contributed by atoms with Crippen LogP contribution in [0.3, 0.4) is 0 Å². The van der Waals surface area contributed by atoms with Crippen molar-refractivity contribution < 1.29 is 10.2 Å². The maximum Gasteiger partial charge on any atom is 0.330 e. The molecule has 4 aromatic rings. The molecule has 0 bridgehead atoms. The maximum absolute atomic E-state index is 13.2. The van der Waals surface area contributed by atoms with Crippen molar-refractivity contribution in [3.63, 3.8) is 0 Å². The number of hydrogen-bond donors (Lipinski definition) is 2. The zero-order chi connectivity index (χ0) is 21.5. The van der Waals surface area contributed by atoms with Crippen LogP contribution < -0.4 is 5.69 Å². The molecule has 1 aliphatic rings. The maximum atomic E-state index is 13.2. The number of aliphatic hydroxyl groups excluding tert-OH is 2. The molecule has 0 saturated heterocycles. The quantitative estimate of drug-likeness (QED) is 0.522. The van der Waals surface area contributed by atoms with Gasteiger partial charge in [-0.15, -0.1) is 0 Å². The molecule has 0 spiro atoms. The van der Waals surface area contributed by atoms with Gasteiger partial charge >= 0.3 is 5.69 Å². The molecule has 4 heterocycles. The van der Waals surface area contributed by atoms with Crippen LogP contribution in [0.1, 0.15) is 37.3 Å². The van der Waals surface area contributed by atoms with E-state index in [1.807, 2.05) is 12.1 Å². The molecule has 2 N–H and O–H groups in total. The summed E-state index contributed by atoms with van der Waals surface area (Å²) in [5.41, 5.74) is 3.76. The first-order chi connectivity index (χ1) is 15.1. The van der Waals surface area contributed by atoms with E-state index in [0.29, 0.717) is 48.1 Å². The van der Waals surface area contributed by atoms with E-state index in [2.05, 4.69) is 11.2 Å². The highest BCUT2D eigenvalue weighted by molar-refractivity contribution is 5.83. The first-order valence-electron chi connectivity index (χ1n) is 10.4. The zero-order valence-corrected chi connectivity index (χ0v) is 16.8. The van der Waals surface area contributed by atoms with Crippen LogP contribution in [-0.2, 0) is 6.54 Å². The summed E-state index contributed by atoms with van der Waals surface area (Å²) in [5, 5.41) is 33.0. The summed E-state index contributed by atoms with van der Waals surface area (Å²) in [7, 11) is 0. The lowest BCUT2D eigenvalue weighted by molar-refractivity contribution is 0.110. The first kappa shape index (κ1) is 19.5. The van der Waals surface area contributed by atoms with Crippen molar-refractivity contribution in [2.75, 3.05) is 6.61 Å². The third-order valence-electron chi connectivity index (χ3n) is 6.09. The standard InChI is InChI=1S/C22H22N6O3/c23-12-14-7-8-27-20(11-14)17(13-24-27)18-5-6-19-21(25-18)28(22(31)26(19)9-10-29)15-1-3-16(30)4-2-15/h5-8,11,13,15-16,29-30H,1-4,9-10H2. The van der Waals surface area contributed by atoms with Gasteiger partial charge < -0.3 is 10.2 Å². The second kappa shape index (κ2) is 7.65. The fourth-order valence-corrected chi connectivity index (χ4v) is 4.51. The third-order valence-corrected chi connectivity index (χ3v) is 6.09. The Bertz CT molecular complexity index is 1370. The Kier molecular flexibility index (Phi) is 4.81. The van der Waals surface area contributed by atoms with E-state index >= 15 is 0 Å². The van der Waals surface area contributed by atoms with Crippen LogP contribution in [0.25, 0.3) is 27.9 Å². The lowest BCUT2D eigenvalue weighted by atomic mass is 9.93. The predicted molar refractivity (Wildman–Crippen MR) is 113 cm³/mol. The van der Waals surface area contributed by atoms with Gasteiger partial charge in [0.25, 0.3) is 0 Å². The van der Waals surface area contributed by atoms with Gasteiger partial charge in [0.05, 0.1) is 53.8 Å². The van der Waals surface area contributed by atoms with E-state index in [1.165, 1.54) is 0 Å². The largest absolute Gasteiger partial charge is 0.395 e. The van der Waals surface area contributed by atoms with Crippen molar-refractivity contribution in [2.45, 2.75) is 44.4 Å². The number of hydrogen-bond acceptors (Lipinski definition) is 6. The number of aliphatic hydroxyl groups is 2. The van der Waals surface area contributed by atoms with Crippen molar-refractivity contribution in [2.24, 2.45) is 0 Å². The number of imidazole rings is 1. The summed E-state index contributed by atoms with van der Waals surface area (Å²) in [4.78, 5) is 18.1. The lowest BCUT2D eigenvalue weighted by Gasteiger charge is -2.26. The summed E-state index contributed by atoms with van der Waals surface area (Å²) in [6, 6.07) is 9.24. The van der Waals surface area contributed by atoms with Gasteiger partial charge in [-0.3, -0.25) is 9.13 Å². The van der Waals surface area contributed by atoms with Crippen molar-refractivity contribution >= 4 is 16.7 Å².